The largest absolute Gasteiger partial charge is 0.507 e. The van der Waals surface area contributed by atoms with Gasteiger partial charge in [-0.05, 0) is 31.9 Å². The molecule has 0 aliphatic heterocycles. The fourth-order valence-corrected chi connectivity index (χ4v) is 7.32. The number of aromatic hydroxyl groups is 1. The van der Waals surface area contributed by atoms with E-state index in [1.54, 1.807) is 0 Å². The van der Waals surface area contributed by atoms with Gasteiger partial charge in [0.2, 0.25) is 11.7 Å². The Kier molecular flexibility index (Phi) is 5.95. The van der Waals surface area contributed by atoms with Crippen molar-refractivity contribution in [2.45, 2.75) is 60.7 Å². The van der Waals surface area contributed by atoms with Crippen LogP contribution in [0, 0.1) is 0 Å². The molecule has 3 aliphatic carbocycles. The molecule has 1 amide bonds. The molecule has 0 radical (unpaired) electrons. The van der Waals surface area contributed by atoms with E-state index in [4.69, 9.17) is 0 Å². The molecule has 4 unspecified atom stereocenters. The number of aliphatic hydroxyl groups is 3. The molecule has 1 fully saturated rings. The number of carboxylic acid groups (broad SMARTS) is 1. The lowest BCUT2D eigenvalue weighted by Crippen LogP contribution is -2.86. The lowest BCUT2D eigenvalue weighted by atomic mass is 9.48. The number of thioether (sulfide) groups is 1. The maximum Gasteiger partial charge on any atom is 0.327 e. The van der Waals surface area contributed by atoms with Gasteiger partial charge in [0.05, 0.1) is 5.56 Å². The second kappa shape index (κ2) is 8.23. The van der Waals surface area contributed by atoms with E-state index in [-0.39, 0.29) is 6.42 Å². The number of aliphatic carboxylic acids is 1. The Morgan fingerprint density at radius 1 is 1.08 bits per heavy atom. The van der Waals surface area contributed by atoms with E-state index in [2.05, 4.69) is 5.32 Å². The van der Waals surface area contributed by atoms with Crippen LogP contribution in [0.2, 0.25) is 0 Å². The maximum atomic E-state index is 14.0. The Morgan fingerprint density at radius 2 is 1.75 bits per heavy atom. The van der Waals surface area contributed by atoms with Crippen molar-refractivity contribution < 1.29 is 49.5 Å². The highest BCUT2D eigenvalue weighted by atomic mass is 32.2. The van der Waals surface area contributed by atoms with Crippen molar-refractivity contribution in [1.29, 1.82) is 0 Å². The number of amides is 1. The number of phenolic OH excluding ortho intramolecular Hbond substituents is 1. The average Bonchev–Trinajstić information content (AvgIpc) is 2.78. The standard InChI is InChI=1S/C24H25NO10S/c1-11-8-16(28)23(34)21(33,9-11)6-7-22(36-10-14(20(31)32)25-12(2)26)19(30)17-13(4-3-5-15(17)27)18(29)24(22,23)35/h3-5,8,14,27,33-35H,6-7,9-10H2,1-2H3,(H,25,26)(H,31,32)/t14-,21?,22?,23?,24?/m0/s1. The smallest absolute Gasteiger partial charge is 0.327 e. The molecular formula is C24H25NO10S. The second-order valence-corrected chi connectivity index (χ2v) is 10.9. The van der Waals surface area contributed by atoms with E-state index in [0.29, 0.717) is 17.3 Å². The molecule has 3 aliphatic rings. The highest BCUT2D eigenvalue weighted by Crippen LogP contribution is 2.62. The third-order valence-electron chi connectivity index (χ3n) is 7.36. The summed E-state index contributed by atoms with van der Waals surface area (Å²) >= 11 is 0.475. The molecule has 0 heterocycles. The SMILES string of the molecule is CC(=O)N[C@@H](CSC12CCC3(O)CC(C)=CC(=O)C3(O)C1(O)C(=O)c1cccc(O)c1C2=O)C(=O)O. The zero-order valence-electron chi connectivity index (χ0n) is 19.4. The molecule has 1 saturated carbocycles. The Morgan fingerprint density at radius 3 is 2.36 bits per heavy atom. The molecule has 192 valence electrons. The normalized spacial score (nSPS) is 34.1. The number of hydrogen-bond acceptors (Lipinski definition) is 10. The van der Waals surface area contributed by atoms with Crippen LogP contribution in [0.25, 0.3) is 0 Å². The summed E-state index contributed by atoms with van der Waals surface area (Å²) < 4.78 is -2.38. The van der Waals surface area contributed by atoms with Crippen molar-refractivity contribution in [3.05, 3.63) is 41.0 Å². The number of nitrogens with one attached hydrogen (secondary N) is 1. The van der Waals surface area contributed by atoms with Crippen LogP contribution in [0.4, 0.5) is 0 Å². The van der Waals surface area contributed by atoms with E-state index in [0.717, 1.165) is 25.1 Å². The molecular weight excluding hydrogens is 494 g/mol. The molecule has 6 N–H and O–H groups in total. The van der Waals surface area contributed by atoms with Crippen LogP contribution in [-0.2, 0) is 14.4 Å². The molecule has 0 bridgehead atoms. The van der Waals surface area contributed by atoms with Crippen molar-refractivity contribution in [3.63, 3.8) is 0 Å². The lowest BCUT2D eigenvalue weighted by molar-refractivity contribution is -0.244. The number of hydrogen-bond donors (Lipinski definition) is 6. The van der Waals surface area contributed by atoms with E-state index in [1.807, 2.05) is 0 Å². The number of carbonyl (C=O) groups excluding carboxylic acids is 4. The fraction of sp³-hybridized carbons (Fsp3) is 0.458. The molecule has 36 heavy (non-hydrogen) atoms. The number of fused-ring (bicyclic) bond motifs is 4. The molecule has 11 nitrogen and oxygen atoms in total. The first-order chi connectivity index (χ1) is 16.7. The highest BCUT2D eigenvalue weighted by molar-refractivity contribution is 8.01. The fourth-order valence-electron chi connectivity index (χ4n) is 5.72. The van der Waals surface area contributed by atoms with Crippen LogP contribution >= 0.6 is 11.8 Å². The van der Waals surface area contributed by atoms with Crippen molar-refractivity contribution in [3.8, 4) is 5.75 Å². The van der Waals surface area contributed by atoms with Gasteiger partial charge in [0, 0.05) is 24.7 Å². The Labute approximate surface area is 209 Å². The van der Waals surface area contributed by atoms with Gasteiger partial charge in [-0.3, -0.25) is 19.2 Å². The predicted molar refractivity (Wildman–Crippen MR) is 125 cm³/mol. The van der Waals surface area contributed by atoms with Crippen molar-refractivity contribution in [2.24, 2.45) is 0 Å². The van der Waals surface area contributed by atoms with Crippen LogP contribution < -0.4 is 5.32 Å². The molecule has 5 atom stereocenters. The molecule has 0 spiro atoms. The summed E-state index contributed by atoms with van der Waals surface area (Å²) in [6.07, 6.45) is -0.134. The molecule has 12 heteroatoms. The van der Waals surface area contributed by atoms with Gasteiger partial charge in [0.25, 0.3) is 0 Å². The van der Waals surface area contributed by atoms with Crippen LogP contribution in [0.3, 0.4) is 0 Å². The Balaban J connectivity index is 1.98. The number of phenols is 1. The van der Waals surface area contributed by atoms with E-state index in [9.17, 15) is 49.5 Å². The quantitative estimate of drug-likeness (QED) is 0.299. The van der Waals surface area contributed by atoms with Crippen molar-refractivity contribution in [1.82, 2.24) is 5.32 Å². The molecule has 0 saturated heterocycles. The molecule has 1 aromatic rings. The number of rotatable bonds is 5. The number of carboxylic acids is 1. The summed E-state index contributed by atoms with van der Waals surface area (Å²) in [5, 5.41) is 57.6. The summed E-state index contributed by atoms with van der Waals surface area (Å²) in [6.45, 7) is 2.61. The van der Waals surface area contributed by atoms with Gasteiger partial charge in [-0.15, -0.1) is 11.8 Å². The zero-order valence-corrected chi connectivity index (χ0v) is 20.2. The summed E-state index contributed by atoms with van der Waals surface area (Å²) in [7, 11) is 0. The van der Waals surface area contributed by atoms with Crippen LogP contribution in [0.1, 0.15) is 53.8 Å². The molecule has 4 rings (SSSR count). The zero-order chi connectivity index (χ0) is 26.8. The lowest BCUT2D eigenvalue weighted by Gasteiger charge is -2.63. The van der Waals surface area contributed by atoms with Gasteiger partial charge < -0.3 is 30.8 Å². The van der Waals surface area contributed by atoms with Gasteiger partial charge in [-0.25, -0.2) is 4.79 Å². The minimum absolute atomic E-state index is 0.268. The molecule has 0 aromatic heterocycles. The van der Waals surface area contributed by atoms with E-state index < -0.39 is 92.3 Å². The van der Waals surface area contributed by atoms with E-state index in [1.165, 1.54) is 13.0 Å². The Bertz CT molecular complexity index is 1260. The molecule has 1 aromatic carbocycles. The minimum atomic E-state index is -3.23. The third kappa shape index (κ3) is 3.14. The van der Waals surface area contributed by atoms with Crippen molar-refractivity contribution in [2.75, 3.05) is 5.75 Å². The number of ketones is 3. The summed E-state index contributed by atoms with van der Waals surface area (Å²) in [5.41, 5.74) is -9.21. The summed E-state index contributed by atoms with van der Waals surface area (Å²) in [6, 6.07) is 1.98. The first-order valence-electron chi connectivity index (χ1n) is 11.1. The summed E-state index contributed by atoms with van der Waals surface area (Å²) in [5.74, 6) is -6.74. The third-order valence-corrected chi connectivity index (χ3v) is 9.04. The first kappa shape index (κ1) is 26.0. The topological polar surface area (TPSA) is 199 Å². The van der Waals surface area contributed by atoms with Crippen LogP contribution in [0.15, 0.2) is 29.8 Å². The van der Waals surface area contributed by atoms with Gasteiger partial charge in [-0.1, -0.05) is 17.7 Å². The number of benzene rings is 1. The monoisotopic (exact) mass is 519 g/mol. The van der Waals surface area contributed by atoms with Crippen molar-refractivity contribution >= 4 is 41.0 Å². The second-order valence-electron chi connectivity index (χ2n) is 9.57. The van der Waals surface area contributed by atoms with Gasteiger partial charge in [0.15, 0.2) is 22.8 Å². The van der Waals surface area contributed by atoms with Gasteiger partial charge >= 0.3 is 5.97 Å². The van der Waals surface area contributed by atoms with E-state index >= 15 is 0 Å². The highest BCUT2D eigenvalue weighted by Gasteiger charge is 2.82. The predicted octanol–water partition coefficient (Wildman–Crippen LogP) is -0.261. The Hall–Kier alpha value is -3.06. The van der Waals surface area contributed by atoms with Gasteiger partial charge in [0.1, 0.15) is 22.1 Å². The number of carbonyl (C=O) groups is 5. The maximum absolute atomic E-state index is 14.0. The summed E-state index contributed by atoms with van der Waals surface area (Å²) in [4.78, 5) is 64.4. The average molecular weight is 520 g/mol. The van der Waals surface area contributed by atoms with Crippen LogP contribution in [-0.4, -0.2) is 88.1 Å². The minimum Gasteiger partial charge on any atom is -0.507 e. The first-order valence-corrected chi connectivity index (χ1v) is 12.1. The van der Waals surface area contributed by atoms with Crippen LogP contribution in [0.5, 0.6) is 5.75 Å². The number of Topliss-reactive ketones (excluding diaryl/α,β-unsaturated/α-hetero) is 2. The van der Waals surface area contributed by atoms with Gasteiger partial charge in [-0.2, -0.15) is 0 Å².